The zero-order valence-electron chi connectivity index (χ0n) is 10.6. The number of hydrogen-bond donors (Lipinski definition) is 2. The van der Waals surface area contributed by atoms with E-state index in [1.165, 1.54) is 0 Å². The maximum absolute atomic E-state index is 9.41. The SMILES string of the molecule is COc1ccc(C(CN)OC(C)C(C)O)cc1. The summed E-state index contributed by atoms with van der Waals surface area (Å²) in [6.07, 6.45) is -0.960. The second-order valence-corrected chi connectivity index (χ2v) is 4.08. The Bertz CT molecular complexity index is 324. The summed E-state index contributed by atoms with van der Waals surface area (Å²) in [4.78, 5) is 0. The van der Waals surface area contributed by atoms with Crippen molar-refractivity contribution in [2.24, 2.45) is 5.73 Å². The van der Waals surface area contributed by atoms with E-state index in [-0.39, 0.29) is 12.2 Å². The molecule has 0 aliphatic heterocycles. The van der Waals surface area contributed by atoms with Crippen LogP contribution in [0.1, 0.15) is 25.5 Å². The van der Waals surface area contributed by atoms with Crippen LogP contribution in [-0.2, 0) is 4.74 Å². The fraction of sp³-hybridized carbons (Fsp3) is 0.538. The van der Waals surface area contributed by atoms with Crippen LogP contribution < -0.4 is 10.5 Å². The second-order valence-electron chi connectivity index (χ2n) is 4.08. The summed E-state index contributed by atoms with van der Waals surface area (Å²) in [7, 11) is 1.63. The summed E-state index contributed by atoms with van der Waals surface area (Å²) in [5.41, 5.74) is 6.67. The van der Waals surface area contributed by atoms with Gasteiger partial charge in [0.25, 0.3) is 0 Å². The molecule has 3 atom stereocenters. The first-order valence-electron chi connectivity index (χ1n) is 5.76. The molecule has 4 nitrogen and oxygen atoms in total. The van der Waals surface area contributed by atoms with E-state index in [1.807, 2.05) is 31.2 Å². The number of benzene rings is 1. The fourth-order valence-electron chi connectivity index (χ4n) is 1.46. The summed E-state index contributed by atoms with van der Waals surface area (Å²) in [6.45, 7) is 3.91. The molecule has 0 saturated heterocycles. The molecule has 0 aliphatic rings. The van der Waals surface area contributed by atoms with Crippen LogP contribution >= 0.6 is 0 Å². The highest BCUT2D eigenvalue weighted by Crippen LogP contribution is 2.21. The van der Waals surface area contributed by atoms with Crippen molar-refractivity contribution in [2.75, 3.05) is 13.7 Å². The van der Waals surface area contributed by atoms with Crippen molar-refractivity contribution >= 4 is 0 Å². The second kappa shape index (κ2) is 6.59. The van der Waals surface area contributed by atoms with Gasteiger partial charge in [0, 0.05) is 6.54 Å². The third-order valence-corrected chi connectivity index (χ3v) is 2.76. The molecule has 0 amide bonds. The zero-order chi connectivity index (χ0) is 12.8. The van der Waals surface area contributed by atoms with Crippen molar-refractivity contribution in [1.82, 2.24) is 0 Å². The number of nitrogens with two attached hydrogens (primary N) is 1. The Balaban J connectivity index is 2.72. The van der Waals surface area contributed by atoms with E-state index < -0.39 is 6.10 Å². The molecule has 1 aromatic rings. The summed E-state index contributed by atoms with van der Waals surface area (Å²) in [6, 6.07) is 7.58. The minimum Gasteiger partial charge on any atom is -0.497 e. The number of aliphatic hydroxyl groups excluding tert-OH is 1. The highest BCUT2D eigenvalue weighted by Gasteiger charge is 2.17. The predicted molar refractivity (Wildman–Crippen MR) is 67.0 cm³/mol. The van der Waals surface area contributed by atoms with Gasteiger partial charge in [-0.15, -0.1) is 0 Å². The number of aliphatic hydroxyl groups is 1. The molecule has 0 heterocycles. The molecule has 96 valence electrons. The van der Waals surface area contributed by atoms with Gasteiger partial charge in [0.15, 0.2) is 0 Å². The fourth-order valence-corrected chi connectivity index (χ4v) is 1.46. The lowest BCUT2D eigenvalue weighted by molar-refractivity contribution is -0.0591. The van der Waals surface area contributed by atoms with E-state index in [4.69, 9.17) is 15.2 Å². The first-order valence-corrected chi connectivity index (χ1v) is 5.76. The summed E-state index contributed by atoms with van der Waals surface area (Å²) >= 11 is 0. The molecule has 3 N–H and O–H groups in total. The zero-order valence-corrected chi connectivity index (χ0v) is 10.6. The molecule has 0 spiro atoms. The van der Waals surface area contributed by atoms with Crippen LogP contribution in [0.15, 0.2) is 24.3 Å². The number of ether oxygens (including phenoxy) is 2. The van der Waals surface area contributed by atoms with Gasteiger partial charge in [-0.1, -0.05) is 12.1 Å². The lowest BCUT2D eigenvalue weighted by Gasteiger charge is -2.23. The summed E-state index contributed by atoms with van der Waals surface area (Å²) in [5, 5.41) is 9.41. The molecule has 0 radical (unpaired) electrons. The van der Waals surface area contributed by atoms with Gasteiger partial charge in [0.05, 0.1) is 25.4 Å². The van der Waals surface area contributed by atoms with Crippen molar-refractivity contribution in [3.8, 4) is 5.75 Å². The van der Waals surface area contributed by atoms with Crippen molar-refractivity contribution in [3.63, 3.8) is 0 Å². The Morgan fingerprint density at radius 3 is 2.24 bits per heavy atom. The smallest absolute Gasteiger partial charge is 0.118 e. The Labute approximate surface area is 102 Å². The first-order chi connectivity index (χ1) is 8.08. The van der Waals surface area contributed by atoms with E-state index in [0.29, 0.717) is 6.54 Å². The minimum absolute atomic E-state index is 0.203. The number of rotatable bonds is 6. The van der Waals surface area contributed by atoms with Gasteiger partial charge >= 0.3 is 0 Å². The predicted octanol–water partition coefficient (Wildman–Crippen LogP) is 1.48. The third-order valence-electron chi connectivity index (χ3n) is 2.76. The lowest BCUT2D eigenvalue weighted by atomic mass is 10.1. The van der Waals surface area contributed by atoms with Crippen molar-refractivity contribution in [1.29, 1.82) is 0 Å². The molecule has 0 fully saturated rings. The third kappa shape index (κ3) is 4.00. The van der Waals surface area contributed by atoms with Gasteiger partial charge in [0.2, 0.25) is 0 Å². The standard InChI is InChI=1S/C13H21NO3/c1-9(15)10(2)17-13(8-14)11-4-6-12(16-3)7-5-11/h4-7,9-10,13,15H,8,14H2,1-3H3. The van der Waals surface area contributed by atoms with Gasteiger partial charge in [0.1, 0.15) is 5.75 Å². The van der Waals surface area contributed by atoms with E-state index in [0.717, 1.165) is 11.3 Å². The van der Waals surface area contributed by atoms with E-state index in [9.17, 15) is 5.11 Å². The average molecular weight is 239 g/mol. The van der Waals surface area contributed by atoms with E-state index in [1.54, 1.807) is 14.0 Å². The first kappa shape index (κ1) is 14.0. The van der Waals surface area contributed by atoms with Crippen LogP contribution in [-0.4, -0.2) is 31.0 Å². The van der Waals surface area contributed by atoms with Crippen LogP contribution in [0.25, 0.3) is 0 Å². The summed E-state index contributed by atoms with van der Waals surface area (Å²) < 4.78 is 10.8. The topological polar surface area (TPSA) is 64.7 Å². The molecule has 4 heteroatoms. The van der Waals surface area contributed by atoms with E-state index in [2.05, 4.69) is 0 Å². The average Bonchev–Trinajstić information content (AvgIpc) is 2.35. The molecule has 0 bridgehead atoms. The van der Waals surface area contributed by atoms with Crippen molar-refractivity contribution in [2.45, 2.75) is 32.2 Å². The van der Waals surface area contributed by atoms with Gasteiger partial charge in [-0.05, 0) is 31.5 Å². The molecule has 0 saturated carbocycles. The van der Waals surface area contributed by atoms with Crippen LogP contribution in [0.4, 0.5) is 0 Å². The Morgan fingerprint density at radius 1 is 1.24 bits per heavy atom. The molecule has 17 heavy (non-hydrogen) atoms. The van der Waals surface area contributed by atoms with E-state index >= 15 is 0 Å². The molecule has 1 aromatic carbocycles. The van der Waals surface area contributed by atoms with Crippen LogP contribution in [0.3, 0.4) is 0 Å². The Kier molecular flexibility index (Phi) is 5.41. The lowest BCUT2D eigenvalue weighted by Crippen LogP contribution is -2.28. The Morgan fingerprint density at radius 2 is 1.82 bits per heavy atom. The molecule has 1 rings (SSSR count). The monoisotopic (exact) mass is 239 g/mol. The molecular weight excluding hydrogens is 218 g/mol. The highest BCUT2D eigenvalue weighted by molar-refractivity contribution is 5.28. The number of hydrogen-bond acceptors (Lipinski definition) is 4. The highest BCUT2D eigenvalue weighted by atomic mass is 16.5. The molecular formula is C13H21NO3. The minimum atomic E-state index is -0.512. The molecule has 3 unspecified atom stereocenters. The van der Waals surface area contributed by atoms with Gasteiger partial charge in [-0.25, -0.2) is 0 Å². The van der Waals surface area contributed by atoms with Gasteiger partial charge in [-0.2, -0.15) is 0 Å². The van der Waals surface area contributed by atoms with Crippen molar-refractivity contribution < 1.29 is 14.6 Å². The van der Waals surface area contributed by atoms with Crippen LogP contribution in [0.5, 0.6) is 5.75 Å². The largest absolute Gasteiger partial charge is 0.497 e. The van der Waals surface area contributed by atoms with Gasteiger partial charge in [-0.3, -0.25) is 0 Å². The molecule has 0 aromatic heterocycles. The van der Waals surface area contributed by atoms with Crippen LogP contribution in [0.2, 0.25) is 0 Å². The van der Waals surface area contributed by atoms with Crippen LogP contribution in [0, 0.1) is 0 Å². The maximum Gasteiger partial charge on any atom is 0.118 e. The molecule has 0 aliphatic carbocycles. The summed E-state index contributed by atoms with van der Waals surface area (Å²) in [5.74, 6) is 0.799. The normalized spacial score (nSPS) is 16.3. The van der Waals surface area contributed by atoms with Crippen molar-refractivity contribution in [3.05, 3.63) is 29.8 Å². The van der Waals surface area contributed by atoms with Gasteiger partial charge < -0.3 is 20.3 Å². The number of methoxy groups -OCH3 is 1. The quantitative estimate of drug-likeness (QED) is 0.789. The maximum atomic E-state index is 9.41. The Hall–Kier alpha value is -1.10.